The summed E-state index contributed by atoms with van der Waals surface area (Å²) < 4.78 is 4.83. The second-order valence-corrected chi connectivity index (χ2v) is 4.07. The minimum absolute atomic E-state index is 0.0949. The maximum Gasteiger partial charge on any atom is 0.318 e. The molecule has 0 aromatic carbocycles. The summed E-state index contributed by atoms with van der Waals surface area (Å²) in [5.41, 5.74) is 5.58. The van der Waals surface area contributed by atoms with Gasteiger partial charge in [-0.2, -0.15) is 11.3 Å². The van der Waals surface area contributed by atoms with Gasteiger partial charge in [0.2, 0.25) is 0 Å². The standard InChI is InChI=1S/C10H12N2O4S/c1-6(9(14)12-10(11)15)16-8(13)4-7-2-3-17-5-7/h2-3,5-6H,4H2,1H3,(H3,11,12,14,15)/t6-/m0/s1. The molecule has 1 heterocycles. The molecule has 0 aliphatic rings. The largest absolute Gasteiger partial charge is 0.452 e. The summed E-state index contributed by atoms with van der Waals surface area (Å²) in [6, 6.07) is 0.816. The SMILES string of the molecule is C[C@H](OC(=O)Cc1ccsc1)C(=O)NC(N)=O. The van der Waals surface area contributed by atoms with Crippen molar-refractivity contribution in [2.45, 2.75) is 19.4 Å². The quantitative estimate of drug-likeness (QED) is 0.762. The van der Waals surface area contributed by atoms with E-state index in [9.17, 15) is 14.4 Å². The Hall–Kier alpha value is -1.89. The summed E-state index contributed by atoms with van der Waals surface area (Å²) in [6.45, 7) is 1.36. The van der Waals surface area contributed by atoms with Crippen molar-refractivity contribution >= 4 is 29.2 Å². The number of urea groups is 1. The van der Waals surface area contributed by atoms with Crippen LogP contribution >= 0.6 is 11.3 Å². The van der Waals surface area contributed by atoms with Gasteiger partial charge in [0.05, 0.1) is 6.42 Å². The molecule has 1 rings (SSSR count). The zero-order valence-corrected chi connectivity index (χ0v) is 9.95. The van der Waals surface area contributed by atoms with E-state index < -0.39 is 24.0 Å². The number of thiophene rings is 1. The summed E-state index contributed by atoms with van der Waals surface area (Å²) in [4.78, 5) is 33.0. The number of carbonyl (C=O) groups excluding carboxylic acids is 3. The fraction of sp³-hybridized carbons (Fsp3) is 0.300. The Morgan fingerprint density at radius 3 is 2.76 bits per heavy atom. The topological polar surface area (TPSA) is 98.5 Å². The molecule has 3 amide bonds. The van der Waals surface area contributed by atoms with Crippen molar-refractivity contribution in [3.8, 4) is 0 Å². The van der Waals surface area contributed by atoms with Crippen LogP contribution in [0.5, 0.6) is 0 Å². The van der Waals surface area contributed by atoms with Gasteiger partial charge in [0.25, 0.3) is 5.91 Å². The lowest BCUT2D eigenvalue weighted by molar-refractivity contribution is -0.153. The summed E-state index contributed by atoms with van der Waals surface area (Å²) in [7, 11) is 0. The number of rotatable bonds is 4. The molecule has 7 heteroatoms. The van der Waals surface area contributed by atoms with Crippen LogP contribution in [-0.2, 0) is 20.7 Å². The van der Waals surface area contributed by atoms with Gasteiger partial charge in [-0.15, -0.1) is 0 Å². The fourth-order valence-corrected chi connectivity index (χ4v) is 1.74. The zero-order chi connectivity index (χ0) is 12.8. The lowest BCUT2D eigenvalue weighted by atomic mass is 10.2. The molecule has 0 radical (unpaired) electrons. The maximum absolute atomic E-state index is 11.4. The molecule has 1 aromatic rings. The van der Waals surface area contributed by atoms with Gasteiger partial charge in [-0.05, 0) is 29.3 Å². The Morgan fingerprint density at radius 2 is 2.24 bits per heavy atom. The van der Waals surface area contributed by atoms with E-state index in [1.807, 2.05) is 16.1 Å². The first kappa shape index (κ1) is 13.2. The van der Waals surface area contributed by atoms with E-state index in [2.05, 4.69) is 0 Å². The predicted octanol–water partition coefficient (Wildman–Crippen LogP) is 0.417. The number of nitrogens with two attached hydrogens (primary N) is 1. The number of ether oxygens (including phenoxy) is 1. The molecule has 0 spiro atoms. The lowest BCUT2D eigenvalue weighted by Crippen LogP contribution is -2.42. The molecule has 0 saturated carbocycles. The number of hydrogen-bond acceptors (Lipinski definition) is 5. The third kappa shape index (κ3) is 4.64. The molecule has 3 N–H and O–H groups in total. The first-order valence-corrected chi connectivity index (χ1v) is 5.74. The summed E-state index contributed by atoms with van der Waals surface area (Å²) in [5, 5.41) is 5.49. The summed E-state index contributed by atoms with van der Waals surface area (Å²) in [6.07, 6.45) is -0.953. The van der Waals surface area contributed by atoms with E-state index in [1.54, 1.807) is 6.07 Å². The van der Waals surface area contributed by atoms with Gasteiger partial charge < -0.3 is 10.5 Å². The molecule has 92 valence electrons. The fourth-order valence-electron chi connectivity index (χ4n) is 1.08. The normalized spacial score (nSPS) is 11.6. The van der Waals surface area contributed by atoms with Gasteiger partial charge in [-0.25, -0.2) is 4.79 Å². The molecule has 6 nitrogen and oxygen atoms in total. The minimum Gasteiger partial charge on any atom is -0.452 e. The molecule has 0 fully saturated rings. The Morgan fingerprint density at radius 1 is 1.53 bits per heavy atom. The molecule has 1 aromatic heterocycles. The predicted molar refractivity (Wildman–Crippen MR) is 61.3 cm³/mol. The second kappa shape index (κ2) is 6.00. The van der Waals surface area contributed by atoms with Gasteiger partial charge in [-0.3, -0.25) is 14.9 Å². The molecule has 0 saturated heterocycles. The minimum atomic E-state index is -1.05. The number of hydrogen-bond donors (Lipinski definition) is 2. The van der Waals surface area contributed by atoms with Crippen molar-refractivity contribution in [3.63, 3.8) is 0 Å². The summed E-state index contributed by atoms with van der Waals surface area (Å²) >= 11 is 1.47. The van der Waals surface area contributed by atoms with Gasteiger partial charge >= 0.3 is 12.0 Å². The number of primary amides is 1. The average molecular weight is 256 g/mol. The lowest BCUT2D eigenvalue weighted by Gasteiger charge is -2.11. The summed E-state index contributed by atoms with van der Waals surface area (Å²) in [5.74, 6) is -1.27. The van der Waals surface area contributed by atoms with Crippen molar-refractivity contribution in [1.82, 2.24) is 5.32 Å². The molecule has 1 atom stereocenters. The second-order valence-electron chi connectivity index (χ2n) is 3.29. The molecule has 0 unspecified atom stereocenters. The van der Waals surface area contributed by atoms with Gasteiger partial charge in [0, 0.05) is 0 Å². The van der Waals surface area contributed by atoms with Gasteiger partial charge in [0.15, 0.2) is 6.10 Å². The van der Waals surface area contributed by atoms with Crippen LogP contribution in [0.15, 0.2) is 16.8 Å². The zero-order valence-electron chi connectivity index (χ0n) is 9.14. The smallest absolute Gasteiger partial charge is 0.318 e. The van der Waals surface area contributed by atoms with Crippen LogP contribution in [-0.4, -0.2) is 24.0 Å². The molecule has 17 heavy (non-hydrogen) atoms. The van der Waals surface area contributed by atoms with E-state index in [0.29, 0.717) is 0 Å². The molecular weight excluding hydrogens is 244 g/mol. The Labute approximate surface area is 102 Å². The van der Waals surface area contributed by atoms with Crippen LogP contribution in [0.2, 0.25) is 0 Å². The van der Waals surface area contributed by atoms with E-state index in [0.717, 1.165) is 5.56 Å². The number of amides is 3. The third-order valence-electron chi connectivity index (χ3n) is 1.85. The van der Waals surface area contributed by atoms with E-state index in [4.69, 9.17) is 10.5 Å². The van der Waals surface area contributed by atoms with Crippen molar-refractivity contribution < 1.29 is 19.1 Å². The van der Waals surface area contributed by atoms with Crippen LogP contribution in [0.3, 0.4) is 0 Å². The van der Waals surface area contributed by atoms with Crippen LogP contribution in [0.25, 0.3) is 0 Å². The van der Waals surface area contributed by atoms with E-state index >= 15 is 0 Å². The highest BCUT2D eigenvalue weighted by Gasteiger charge is 2.18. The van der Waals surface area contributed by atoms with Crippen LogP contribution < -0.4 is 11.1 Å². The monoisotopic (exact) mass is 256 g/mol. The van der Waals surface area contributed by atoms with Crippen molar-refractivity contribution in [2.75, 3.05) is 0 Å². The highest BCUT2D eigenvalue weighted by Crippen LogP contribution is 2.08. The Bertz CT molecular complexity index is 416. The number of esters is 1. The van der Waals surface area contributed by atoms with Crippen molar-refractivity contribution in [2.24, 2.45) is 5.73 Å². The maximum atomic E-state index is 11.4. The van der Waals surface area contributed by atoms with Crippen LogP contribution in [0.4, 0.5) is 4.79 Å². The number of nitrogens with one attached hydrogen (secondary N) is 1. The molecular formula is C10H12N2O4S. The molecule has 0 aliphatic carbocycles. The Balaban J connectivity index is 2.40. The first-order valence-electron chi connectivity index (χ1n) is 4.80. The van der Waals surface area contributed by atoms with E-state index in [1.165, 1.54) is 18.3 Å². The van der Waals surface area contributed by atoms with Crippen molar-refractivity contribution in [1.29, 1.82) is 0 Å². The highest BCUT2D eigenvalue weighted by atomic mass is 32.1. The van der Waals surface area contributed by atoms with Crippen LogP contribution in [0.1, 0.15) is 12.5 Å². The average Bonchev–Trinajstić information content (AvgIpc) is 2.68. The van der Waals surface area contributed by atoms with Gasteiger partial charge in [0.1, 0.15) is 0 Å². The van der Waals surface area contributed by atoms with Gasteiger partial charge in [-0.1, -0.05) is 0 Å². The highest BCUT2D eigenvalue weighted by molar-refractivity contribution is 7.07. The van der Waals surface area contributed by atoms with E-state index in [-0.39, 0.29) is 6.42 Å². The molecule has 0 aliphatic heterocycles. The molecule has 0 bridgehead atoms. The third-order valence-corrected chi connectivity index (χ3v) is 2.58. The number of carbonyl (C=O) groups is 3. The Kier molecular flexibility index (Phi) is 4.65. The van der Waals surface area contributed by atoms with Crippen LogP contribution in [0, 0.1) is 0 Å². The number of imide groups is 1. The first-order chi connectivity index (χ1) is 7.99. The van der Waals surface area contributed by atoms with Crippen molar-refractivity contribution in [3.05, 3.63) is 22.4 Å².